The number of para-hydroxylation sites is 1. The molecule has 0 aliphatic rings. The monoisotopic (exact) mass is 207 g/mol. The van der Waals surface area contributed by atoms with Crippen molar-refractivity contribution in [1.29, 1.82) is 0 Å². The summed E-state index contributed by atoms with van der Waals surface area (Å²) >= 11 is 0. The standard InChI is InChI=1S/C8H5N3O4/c12-8(15-11(13)14)10-7-4-2-1-3-6(7)5-9-10/h1-5H. The number of aromatic nitrogens is 2. The molecule has 76 valence electrons. The molecule has 1 aromatic heterocycles. The van der Waals surface area contributed by atoms with Crippen LogP contribution < -0.4 is 0 Å². The molecule has 0 atom stereocenters. The van der Waals surface area contributed by atoms with Crippen molar-refractivity contribution >= 4 is 17.0 Å². The molecule has 0 unspecified atom stereocenters. The van der Waals surface area contributed by atoms with Gasteiger partial charge in [-0.2, -0.15) is 9.78 Å². The Morgan fingerprint density at radius 2 is 2.20 bits per heavy atom. The molecule has 0 spiro atoms. The Morgan fingerprint density at radius 1 is 1.47 bits per heavy atom. The largest absolute Gasteiger partial charge is 0.423 e. The van der Waals surface area contributed by atoms with E-state index in [1.165, 1.54) is 6.20 Å². The Labute approximate surface area is 83.0 Å². The van der Waals surface area contributed by atoms with Crippen molar-refractivity contribution in [2.24, 2.45) is 0 Å². The van der Waals surface area contributed by atoms with Gasteiger partial charge in [-0.05, 0) is 6.07 Å². The summed E-state index contributed by atoms with van der Waals surface area (Å²) in [7, 11) is 0. The van der Waals surface area contributed by atoms with Crippen LogP contribution in [0.4, 0.5) is 4.79 Å². The minimum absolute atomic E-state index is 0.462. The van der Waals surface area contributed by atoms with Crippen molar-refractivity contribution in [3.63, 3.8) is 0 Å². The highest BCUT2D eigenvalue weighted by molar-refractivity contribution is 5.87. The first-order valence-electron chi connectivity index (χ1n) is 3.98. The molecule has 0 N–H and O–H groups in total. The Morgan fingerprint density at radius 3 is 2.93 bits per heavy atom. The molecule has 7 heteroatoms. The summed E-state index contributed by atoms with van der Waals surface area (Å²) < 4.78 is 0.831. The fraction of sp³-hybridized carbons (Fsp3) is 0. The van der Waals surface area contributed by atoms with Crippen LogP contribution >= 0.6 is 0 Å². The molecular formula is C8H5N3O4. The van der Waals surface area contributed by atoms with Crippen LogP contribution in [0.25, 0.3) is 10.9 Å². The Bertz CT molecular complexity index is 533. The van der Waals surface area contributed by atoms with Crippen molar-refractivity contribution in [3.05, 3.63) is 40.6 Å². The second-order valence-corrected chi connectivity index (χ2v) is 2.70. The van der Waals surface area contributed by atoms with E-state index in [2.05, 4.69) is 9.94 Å². The van der Waals surface area contributed by atoms with Gasteiger partial charge in [0.2, 0.25) is 0 Å². The maximum absolute atomic E-state index is 11.2. The third kappa shape index (κ3) is 1.62. The predicted octanol–water partition coefficient (Wildman–Crippen LogP) is 1.21. The highest BCUT2D eigenvalue weighted by atomic mass is 17.0. The van der Waals surface area contributed by atoms with Crippen molar-refractivity contribution in [2.75, 3.05) is 0 Å². The average Bonchev–Trinajstić information content (AvgIpc) is 2.59. The lowest BCUT2D eigenvalue weighted by atomic mass is 10.3. The lowest BCUT2D eigenvalue weighted by molar-refractivity contribution is -0.727. The quantitative estimate of drug-likeness (QED) is 0.518. The fourth-order valence-electron chi connectivity index (χ4n) is 1.22. The first-order chi connectivity index (χ1) is 7.18. The van der Waals surface area contributed by atoms with Gasteiger partial charge in [-0.25, -0.2) is 9.63 Å². The predicted molar refractivity (Wildman–Crippen MR) is 48.6 cm³/mol. The van der Waals surface area contributed by atoms with Gasteiger partial charge in [0, 0.05) is 5.39 Å². The molecule has 0 saturated heterocycles. The zero-order chi connectivity index (χ0) is 10.8. The van der Waals surface area contributed by atoms with Crippen LogP contribution in [0.1, 0.15) is 0 Å². The summed E-state index contributed by atoms with van der Waals surface area (Å²) in [4.78, 5) is 24.9. The van der Waals surface area contributed by atoms with Crippen LogP contribution in [-0.2, 0) is 4.84 Å². The van der Waals surface area contributed by atoms with E-state index in [4.69, 9.17) is 0 Å². The maximum Gasteiger partial charge on any atom is 0.423 e. The summed E-state index contributed by atoms with van der Waals surface area (Å²) in [6.45, 7) is 0. The number of hydrogen-bond donors (Lipinski definition) is 0. The van der Waals surface area contributed by atoms with E-state index in [0.29, 0.717) is 10.9 Å². The molecule has 0 bridgehead atoms. The zero-order valence-electron chi connectivity index (χ0n) is 7.36. The minimum Gasteiger partial charge on any atom is -0.240 e. The molecule has 7 nitrogen and oxygen atoms in total. The fourth-order valence-corrected chi connectivity index (χ4v) is 1.22. The van der Waals surface area contributed by atoms with Gasteiger partial charge >= 0.3 is 11.2 Å². The summed E-state index contributed by atoms with van der Waals surface area (Å²) in [6, 6.07) is 6.81. The first-order valence-corrected chi connectivity index (χ1v) is 3.98. The summed E-state index contributed by atoms with van der Waals surface area (Å²) in [5.74, 6) is 0. The number of nitrogens with zero attached hydrogens (tertiary/aromatic N) is 3. The van der Waals surface area contributed by atoms with Crippen LogP contribution in [0.15, 0.2) is 30.5 Å². The van der Waals surface area contributed by atoms with Crippen LogP contribution in [0, 0.1) is 10.1 Å². The molecule has 0 aliphatic carbocycles. The number of benzene rings is 1. The van der Waals surface area contributed by atoms with Gasteiger partial charge in [0.25, 0.3) is 0 Å². The lowest BCUT2D eigenvalue weighted by Crippen LogP contribution is -2.18. The van der Waals surface area contributed by atoms with Crippen molar-refractivity contribution < 1.29 is 14.7 Å². The van der Waals surface area contributed by atoms with E-state index in [1.807, 2.05) is 0 Å². The molecular weight excluding hydrogens is 202 g/mol. The van der Waals surface area contributed by atoms with Gasteiger partial charge in [-0.3, -0.25) is 0 Å². The van der Waals surface area contributed by atoms with Crippen molar-refractivity contribution in [3.8, 4) is 0 Å². The summed E-state index contributed by atoms with van der Waals surface area (Å²) in [5.41, 5.74) is 0.462. The number of hydrogen-bond acceptors (Lipinski definition) is 5. The van der Waals surface area contributed by atoms with Crippen molar-refractivity contribution in [2.45, 2.75) is 0 Å². The SMILES string of the molecule is O=C(O[N+](=O)[O-])n1ncc2ccccc21. The van der Waals surface area contributed by atoms with E-state index in [1.54, 1.807) is 24.3 Å². The Hall–Kier alpha value is -2.44. The Balaban J connectivity index is 2.44. The van der Waals surface area contributed by atoms with Crippen LogP contribution in [-0.4, -0.2) is 21.0 Å². The highest BCUT2D eigenvalue weighted by Crippen LogP contribution is 2.12. The van der Waals surface area contributed by atoms with Crippen LogP contribution in [0.5, 0.6) is 0 Å². The smallest absolute Gasteiger partial charge is 0.240 e. The molecule has 0 radical (unpaired) electrons. The maximum atomic E-state index is 11.2. The number of rotatable bonds is 1. The molecule has 0 amide bonds. The van der Waals surface area contributed by atoms with Gasteiger partial charge in [0.05, 0.1) is 11.7 Å². The highest BCUT2D eigenvalue weighted by Gasteiger charge is 2.13. The van der Waals surface area contributed by atoms with Gasteiger partial charge < -0.3 is 0 Å². The molecule has 1 heterocycles. The molecule has 0 fully saturated rings. The van der Waals surface area contributed by atoms with E-state index in [9.17, 15) is 14.9 Å². The van der Waals surface area contributed by atoms with E-state index < -0.39 is 11.2 Å². The molecule has 2 aromatic rings. The molecule has 1 aromatic carbocycles. The summed E-state index contributed by atoms with van der Waals surface area (Å²) in [6.07, 6.45) is 0.289. The minimum atomic E-state index is -1.17. The third-order valence-corrected chi connectivity index (χ3v) is 1.80. The van der Waals surface area contributed by atoms with Crippen LogP contribution in [0.3, 0.4) is 0 Å². The number of carbonyl (C=O) groups excluding carboxylic acids is 1. The van der Waals surface area contributed by atoms with E-state index >= 15 is 0 Å². The average molecular weight is 207 g/mol. The normalized spacial score (nSPS) is 10.1. The molecule has 0 aliphatic heterocycles. The number of carbonyl (C=O) groups is 1. The molecule has 0 saturated carbocycles. The van der Waals surface area contributed by atoms with E-state index in [-0.39, 0.29) is 0 Å². The van der Waals surface area contributed by atoms with E-state index in [0.717, 1.165) is 4.68 Å². The lowest BCUT2D eigenvalue weighted by Gasteiger charge is -1.98. The van der Waals surface area contributed by atoms with Gasteiger partial charge in [-0.1, -0.05) is 18.2 Å². The second kappa shape index (κ2) is 3.37. The third-order valence-electron chi connectivity index (χ3n) is 1.80. The topological polar surface area (TPSA) is 87.3 Å². The summed E-state index contributed by atoms with van der Waals surface area (Å²) in [5, 5.41) is 13.2. The van der Waals surface area contributed by atoms with Crippen molar-refractivity contribution in [1.82, 2.24) is 9.78 Å². The molecule has 15 heavy (non-hydrogen) atoms. The molecule has 2 rings (SSSR count). The zero-order valence-corrected chi connectivity index (χ0v) is 7.36. The second-order valence-electron chi connectivity index (χ2n) is 2.70. The van der Waals surface area contributed by atoms with Gasteiger partial charge in [0.15, 0.2) is 0 Å². The first kappa shape index (κ1) is 9.13. The number of fused-ring (bicyclic) bond motifs is 1. The van der Waals surface area contributed by atoms with Crippen LogP contribution in [0.2, 0.25) is 0 Å². The Kier molecular flexibility index (Phi) is 2.05. The van der Waals surface area contributed by atoms with Gasteiger partial charge in [0.1, 0.15) is 0 Å². The van der Waals surface area contributed by atoms with Gasteiger partial charge in [-0.15, -0.1) is 10.1 Å².